The van der Waals surface area contributed by atoms with E-state index in [1.807, 2.05) is 12.1 Å². The molecular weight excluding hydrogens is 226 g/mol. The molecule has 5 heteroatoms. The third kappa shape index (κ3) is 0.985. The molecule has 2 aliphatic heterocycles. The Balaban J connectivity index is 2.23. The third-order valence-electron chi connectivity index (χ3n) is 4.24. The predicted octanol–water partition coefficient (Wildman–Crippen LogP) is 2.32. The summed E-state index contributed by atoms with van der Waals surface area (Å²) in [4.78, 5) is 4.53. The first-order valence-electron chi connectivity index (χ1n) is 6.16. The van der Waals surface area contributed by atoms with Crippen molar-refractivity contribution in [1.29, 1.82) is 0 Å². The fourth-order valence-electron chi connectivity index (χ4n) is 3.55. The van der Waals surface area contributed by atoms with E-state index in [0.29, 0.717) is 0 Å². The van der Waals surface area contributed by atoms with Crippen molar-refractivity contribution in [3.63, 3.8) is 0 Å². The predicted molar refractivity (Wildman–Crippen MR) is 72.7 cm³/mol. The number of likely N-dealkylation sites (N-methyl/N-ethyl adjacent to an activating group) is 3. The minimum Gasteiger partial charge on any atom is -0.330 e. The third-order valence-corrected chi connectivity index (χ3v) is 4.24. The maximum absolute atomic E-state index is 4.44. The van der Waals surface area contributed by atoms with Gasteiger partial charge >= 0.3 is 0 Å². The highest BCUT2D eigenvalue weighted by molar-refractivity contribution is 5.79. The lowest BCUT2D eigenvalue weighted by Gasteiger charge is -2.49. The highest BCUT2D eigenvalue weighted by Gasteiger charge is 2.63. The highest BCUT2D eigenvalue weighted by atomic mass is 15.8. The van der Waals surface area contributed by atoms with E-state index in [4.69, 9.17) is 0 Å². The van der Waals surface area contributed by atoms with Gasteiger partial charge in [0, 0.05) is 21.1 Å². The fourth-order valence-corrected chi connectivity index (χ4v) is 3.55. The van der Waals surface area contributed by atoms with Crippen LogP contribution >= 0.6 is 0 Å². The molecule has 0 unspecified atom stereocenters. The van der Waals surface area contributed by atoms with Crippen LogP contribution in [0.1, 0.15) is 13.8 Å². The van der Waals surface area contributed by atoms with Gasteiger partial charge in [-0.1, -0.05) is 17.4 Å². The largest absolute Gasteiger partial charge is 0.330 e. The van der Waals surface area contributed by atoms with Crippen molar-refractivity contribution in [2.75, 3.05) is 30.9 Å². The fraction of sp³-hybridized carbons (Fsp3) is 0.538. The van der Waals surface area contributed by atoms with Crippen molar-refractivity contribution in [2.24, 2.45) is 10.3 Å². The monoisotopic (exact) mass is 245 g/mol. The van der Waals surface area contributed by atoms with Gasteiger partial charge in [-0.25, -0.2) is 5.01 Å². The number of fused-ring (bicyclic) bond motifs is 1. The van der Waals surface area contributed by atoms with Gasteiger partial charge in [0.2, 0.25) is 5.79 Å². The molecule has 0 atom stereocenters. The lowest BCUT2D eigenvalue weighted by molar-refractivity contribution is 0.108. The van der Waals surface area contributed by atoms with Crippen molar-refractivity contribution in [3.8, 4) is 0 Å². The van der Waals surface area contributed by atoms with E-state index in [0.717, 1.165) is 0 Å². The molecule has 0 fully saturated rings. The Morgan fingerprint density at radius 3 is 1.83 bits per heavy atom. The Morgan fingerprint density at radius 1 is 0.944 bits per heavy atom. The van der Waals surface area contributed by atoms with E-state index in [2.05, 4.69) is 72.3 Å². The minimum absolute atomic E-state index is 0.301. The molecule has 0 radical (unpaired) electrons. The molecule has 0 bridgehead atoms. The number of hydrogen-bond donors (Lipinski definition) is 0. The number of benzene rings is 1. The number of para-hydroxylation sites is 2. The zero-order valence-corrected chi connectivity index (χ0v) is 11.5. The molecule has 0 amide bonds. The Kier molecular flexibility index (Phi) is 1.99. The van der Waals surface area contributed by atoms with Crippen LogP contribution in [0.3, 0.4) is 0 Å². The van der Waals surface area contributed by atoms with E-state index in [1.165, 1.54) is 11.4 Å². The molecule has 0 saturated carbocycles. The summed E-state index contributed by atoms with van der Waals surface area (Å²) < 4.78 is 0. The SMILES string of the molecule is CN1N=NC(C)(C)C12N(C)c1ccccc1N2C. The minimum atomic E-state index is -0.364. The molecule has 0 aromatic heterocycles. The lowest BCUT2D eigenvalue weighted by atomic mass is 9.94. The molecule has 0 N–H and O–H groups in total. The molecule has 0 aliphatic carbocycles. The maximum atomic E-state index is 4.44. The first-order valence-corrected chi connectivity index (χ1v) is 6.16. The van der Waals surface area contributed by atoms with Crippen molar-refractivity contribution < 1.29 is 0 Å². The standard InChI is InChI=1S/C13H19N5/c1-12(2)13(18(5)15-14-12)16(3)10-8-6-7-9-11(10)17(13)4/h6-9H,1-5H3. The normalized spacial score (nSPS) is 23.1. The topological polar surface area (TPSA) is 34.4 Å². The lowest BCUT2D eigenvalue weighted by Crippen LogP contribution is -2.70. The van der Waals surface area contributed by atoms with Crippen LogP contribution in [0.4, 0.5) is 11.4 Å². The first kappa shape index (κ1) is 11.3. The number of hydrogen-bond acceptors (Lipinski definition) is 5. The van der Waals surface area contributed by atoms with Gasteiger partial charge in [0.1, 0.15) is 5.54 Å². The summed E-state index contributed by atoms with van der Waals surface area (Å²) in [5, 5.41) is 10.7. The van der Waals surface area contributed by atoms with Crippen LogP contribution in [-0.4, -0.2) is 37.5 Å². The van der Waals surface area contributed by atoms with Crippen LogP contribution in [0.15, 0.2) is 34.6 Å². The van der Waals surface area contributed by atoms with Gasteiger partial charge in [0.05, 0.1) is 11.4 Å². The van der Waals surface area contributed by atoms with E-state index >= 15 is 0 Å². The highest BCUT2D eigenvalue weighted by Crippen LogP contribution is 2.52. The Hall–Kier alpha value is -1.78. The van der Waals surface area contributed by atoms with E-state index < -0.39 is 0 Å². The first-order chi connectivity index (χ1) is 8.43. The van der Waals surface area contributed by atoms with Gasteiger partial charge < -0.3 is 9.80 Å². The number of anilines is 2. The second-order valence-corrected chi connectivity index (χ2v) is 5.51. The molecule has 0 saturated heterocycles. The van der Waals surface area contributed by atoms with Crippen molar-refractivity contribution in [1.82, 2.24) is 5.01 Å². The smallest absolute Gasteiger partial charge is 0.235 e. The summed E-state index contributed by atoms with van der Waals surface area (Å²) in [6.07, 6.45) is 0. The van der Waals surface area contributed by atoms with Crippen LogP contribution < -0.4 is 9.80 Å². The van der Waals surface area contributed by atoms with Gasteiger partial charge in [0.25, 0.3) is 0 Å². The summed E-state index contributed by atoms with van der Waals surface area (Å²) in [5.41, 5.74) is 2.13. The number of rotatable bonds is 0. The molecule has 1 spiro atoms. The quantitative estimate of drug-likeness (QED) is 0.703. The van der Waals surface area contributed by atoms with Crippen molar-refractivity contribution >= 4 is 11.4 Å². The van der Waals surface area contributed by atoms with Gasteiger partial charge in [0.15, 0.2) is 0 Å². The van der Waals surface area contributed by atoms with Crippen LogP contribution in [0, 0.1) is 0 Å². The van der Waals surface area contributed by atoms with Crippen LogP contribution in [0.5, 0.6) is 0 Å². The average Bonchev–Trinajstić information content (AvgIpc) is 2.72. The second kappa shape index (κ2) is 3.16. The molecule has 1 aromatic rings. The molecular formula is C13H19N5. The summed E-state index contributed by atoms with van der Waals surface area (Å²) in [6, 6.07) is 8.42. The Labute approximate surface area is 108 Å². The van der Waals surface area contributed by atoms with Gasteiger partial charge in [-0.2, -0.15) is 5.11 Å². The number of nitrogens with zero attached hydrogens (tertiary/aromatic N) is 5. The van der Waals surface area contributed by atoms with E-state index in [-0.39, 0.29) is 11.3 Å². The molecule has 1 aromatic carbocycles. The zero-order chi connectivity index (χ0) is 13.1. The molecule has 18 heavy (non-hydrogen) atoms. The van der Waals surface area contributed by atoms with Crippen LogP contribution in [-0.2, 0) is 0 Å². The van der Waals surface area contributed by atoms with Crippen LogP contribution in [0.25, 0.3) is 0 Å². The molecule has 96 valence electrons. The van der Waals surface area contributed by atoms with Crippen LogP contribution in [0.2, 0.25) is 0 Å². The van der Waals surface area contributed by atoms with Crippen molar-refractivity contribution in [2.45, 2.75) is 25.2 Å². The van der Waals surface area contributed by atoms with Gasteiger partial charge in [-0.3, -0.25) is 0 Å². The molecule has 5 nitrogen and oxygen atoms in total. The second-order valence-electron chi connectivity index (χ2n) is 5.51. The molecule has 2 heterocycles. The van der Waals surface area contributed by atoms with E-state index in [9.17, 15) is 0 Å². The molecule has 2 aliphatic rings. The zero-order valence-electron chi connectivity index (χ0n) is 11.5. The maximum Gasteiger partial charge on any atom is 0.235 e. The summed E-state index contributed by atoms with van der Waals surface area (Å²) in [5.74, 6) is -0.364. The Bertz CT molecular complexity index is 493. The summed E-state index contributed by atoms with van der Waals surface area (Å²) >= 11 is 0. The average molecular weight is 245 g/mol. The Morgan fingerprint density at radius 2 is 1.44 bits per heavy atom. The van der Waals surface area contributed by atoms with E-state index in [1.54, 1.807) is 0 Å². The summed E-state index contributed by atoms with van der Waals surface area (Å²) in [6.45, 7) is 4.25. The molecule has 3 rings (SSSR count). The van der Waals surface area contributed by atoms with Gasteiger partial charge in [-0.15, -0.1) is 0 Å². The summed E-state index contributed by atoms with van der Waals surface area (Å²) in [7, 11) is 6.20. The van der Waals surface area contributed by atoms with Gasteiger partial charge in [-0.05, 0) is 26.0 Å². The van der Waals surface area contributed by atoms with Crippen molar-refractivity contribution in [3.05, 3.63) is 24.3 Å².